The maximum absolute atomic E-state index is 9.27. The number of nitrogens with zero attached hydrogens (tertiary/aromatic N) is 2. The van der Waals surface area contributed by atoms with Gasteiger partial charge in [0.1, 0.15) is 0 Å². The van der Waals surface area contributed by atoms with Crippen molar-refractivity contribution in [2.75, 3.05) is 13.1 Å². The summed E-state index contributed by atoms with van der Waals surface area (Å²) >= 11 is 0. The average Bonchev–Trinajstić information content (AvgIpc) is 2.53. The highest BCUT2D eigenvalue weighted by molar-refractivity contribution is 5.71. The van der Waals surface area contributed by atoms with Crippen LogP contribution in [0.2, 0.25) is 0 Å². The van der Waals surface area contributed by atoms with Crippen molar-refractivity contribution < 1.29 is 0 Å². The number of likely N-dealkylation sites (N-methyl/N-ethyl adjacent to an activating group) is 1. The van der Waals surface area contributed by atoms with Crippen LogP contribution in [0.15, 0.2) is 42.5 Å². The lowest BCUT2D eigenvalue weighted by Crippen LogP contribution is -2.30. The number of rotatable bonds is 2. The van der Waals surface area contributed by atoms with Crippen molar-refractivity contribution in [3.05, 3.63) is 59.2 Å². The van der Waals surface area contributed by atoms with Gasteiger partial charge in [-0.1, -0.05) is 37.3 Å². The molecule has 1 aliphatic rings. The summed E-state index contributed by atoms with van der Waals surface area (Å²) < 4.78 is 0. The number of hydrogen-bond donors (Lipinski definition) is 0. The third-order valence-corrected chi connectivity index (χ3v) is 4.08. The predicted octanol–water partition coefficient (Wildman–Crippen LogP) is 3.60. The Morgan fingerprint density at radius 2 is 2.00 bits per heavy atom. The molecule has 0 radical (unpaired) electrons. The van der Waals surface area contributed by atoms with Crippen molar-refractivity contribution in [3.8, 4) is 17.2 Å². The van der Waals surface area contributed by atoms with Crippen molar-refractivity contribution in [1.29, 1.82) is 5.26 Å². The normalized spacial score (nSPS) is 14.6. The van der Waals surface area contributed by atoms with E-state index in [1.807, 2.05) is 12.1 Å². The third-order valence-electron chi connectivity index (χ3n) is 4.08. The Bertz CT molecular complexity index is 653. The smallest absolute Gasteiger partial charge is 0.0991 e. The highest BCUT2D eigenvalue weighted by atomic mass is 15.1. The molecule has 0 amide bonds. The molecule has 100 valence electrons. The van der Waals surface area contributed by atoms with Crippen molar-refractivity contribution in [3.63, 3.8) is 0 Å². The zero-order chi connectivity index (χ0) is 13.9. The molecule has 0 unspecified atom stereocenters. The fourth-order valence-corrected chi connectivity index (χ4v) is 2.97. The summed E-state index contributed by atoms with van der Waals surface area (Å²) in [6.45, 7) is 5.32. The summed E-state index contributed by atoms with van der Waals surface area (Å²) in [5.74, 6) is 0. The van der Waals surface area contributed by atoms with Crippen molar-refractivity contribution in [1.82, 2.24) is 4.90 Å². The quantitative estimate of drug-likeness (QED) is 0.826. The molecule has 0 fully saturated rings. The summed E-state index contributed by atoms with van der Waals surface area (Å²) in [6, 6.07) is 16.8. The van der Waals surface area contributed by atoms with Gasteiger partial charge in [0, 0.05) is 13.1 Å². The zero-order valence-corrected chi connectivity index (χ0v) is 11.8. The van der Waals surface area contributed by atoms with E-state index in [1.165, 1.54) is 22.3 Å². The molecule has 0 aromatic heterocycles. The van der Waals surface area contributed by atoms with Crippen LogP contribution in [0.3, 0.4) is 0 Å². The van der Waals surface area contributed by atoms with Crippen LogP contribution in [-0.4, -0.2) is 18.0 Å². The first-order valence-corrected chi connectivity index (χ1v) is 7.15. The van der Waals surface area contributed by atoms with Crippen LogP contribution in [0, 0.1) is 11.3 Å². The van der Waals surface area contributed by atoms with E-state index in [0.717, 1.165) is 31.6 Å². The molecule has 0 aliphatic carbocycles. The minimum Gasteiger partial charge on any atom is -0.299 e. The molecule has 0 saturated carbocycles. The van der Waals surface area contributed by atoms with Gasteiger partial charge in [0.25, 0.3) is 0 Å². The summed E-state index contributed by atoms with van der Waals surface area (Å²) in [5, 5.41) is 9.27. The predicted molar refractivity (Wildman–Crippen MR) is 81.2 cm³/mol. The van der Waals surface area contributed by atoms with E-state index in [-0.39, 0.29) is 0 Å². The Morgan fingerprint density at radius 1 is 1.20 bits per heavy atom. The number of fused-ring (bicyclic) bond motifs is 1. The number of nitriles is 1. The fraction of sp³-hybridized carbons (Fsp3) is 0.278. The molecule has 0 atom stereocenters. The first-order chi connectivity index (χ1) is 9.81. The summed E-state index contributed by atoms with van der Waals surface area (Å²) in [5.41, 5.74) is 5.94. The molecule has 0 N–H and O–H groups in total. The van der Waals surface area contributed by atoms with E-state index >= 15 is 0 Å². The van der Waals surface area contributed by atoms with E-state index in [2.05, 4.69) is 48.2 Å². The second kappa shape index (κ2) is 5.48. The van der Waals surface area contributed by atoms with E-state index in [1.54, 1.807) is 0 Å². The lowest BCUT2D eigenvalue weighted by molar-refractivity contribution is 0.268. The largest absolute Gasteiger partial charge is 0.299 e. The Balaban J connectivity index is 2.13. The highest BCUT2D eigenvalue weighted by Crippen LogP contribution is 2.31. The zero-order valence-electron chi connectivity index (χ0n) is 11.8. The fourth-order valence-electron chi connectivity index (χ4n) is 2.97. The molecule has 1 heterocycles. The molecule has 2 aromatic carbocycles. The van der Waals surface area contributed by atoms with Gasteiger partial charge in [0.05, 0.1) is 11.6 Å². The van der Waals surface area contributed by atoms with Gasteiger partial charge in [0.2, 0.25) is 0 Å². The molecule has 3 rings (SSSR count). The molecule has 1 aliphatic heterocycles. The lowest BCUT2D eigenvalue weighted by atomic mass is 9.89. The highest BCUT2D eigenvalue weighted by Gasteiger charge is 2.19. The number of benzene rings is 2. The Kier molecular flexibility index (Phi) is 3.54. The first kappa shape index (κ1) is 12.9. The standard InChI is InChI=1S/C18H18N2/c1-2-20-9-8-17-16(13-20)10-14(12-19)11-18(17)15-6-4-3-5-7-15/h3-7,10-11H,2,8-9,13H2,1H3. The van der Waals surface area contributed by atoms with Crippen LogP contribution in [0.5, 0.6) is 0 Å². The molecular formula is C18H18N2. The first-order valence-electron chi connectivity index (χ1n) is 7.15. The second-order valence-electron chi connectivity index (χ2n) is 5.26. The lowest BCUT2D eigenvalue weighted by Gasteiger charge is -2.29. The average molecular weight is 262 g/mol. The van der Waals surface area contributed by atoms with E-state index in [9.17, 15) is 5.26 Å². The molecule has 2 nitrogen and oxygen atoms in total. The third kappa shape index (κ3) is 2.33. The van der Waals surface area contributed by atoms with Crippen LogP contribution >= 0.6 is 0 Å². The summed E-state index contributed by atoms with van der Waals surface area (Å²) in [4.78, 5) is 2.43. The SMILES string of the molecule is CCN1CCc2c(cc(C#N)cc2-c2ccccc2)C1. The minimum absolute atomic E-state index is 0.764. The minimum atomic E-state index is 0.764. The van der Waals surface area contributed by atoms with Gasteiger partial charge in [-0.15, -0.1) is 0 Å². The maximum atomic E-state index is 9.27. The number of hydrogen-bond acceptors (Lipinski definition) is 2. The summed E-state index contributed by atoms with van der Waals surface area (Å²) in [7, 11) is 0. The maximum Gasteiger partial charge on any atom is 0.0991 e. The Labute approximate surface area is 120 Å². The Morgan fingerprint density at radius 3 is 2.70 bits per heavy atom. The molecule has 0 saturated heterocycles. The van der Waals surface area contributed by atoms with E-state index in [4.69, 9.17) is 0 Å². The van der Waals surface area contributed by atoms with Crippen molar-refractivity contribution in [2.24, 2.45) is 0 Å². The monoisotopic (exact) mass is 262 g/mol. The van der Waals surface area contributed by atoms with Crippen molar-refractivity contribution in [2.45, 2.75) is 19.9 Å². The molecule has 20 heavy (non-hydrogen) atoms. The van der Waals surface area contributed by atoms with Gasteiger partial charge in [-0.25, -0.2) is 0 Å². The van der Waals surface area contributed by atoms with Gasteiger partial charge in [-0.2, -0.15) is 5.26 Å². The van der Waals surface area contributed by atoms with Crippen LogP contribution in [0.1, 0.15) is 23.6 Å². The van der Waals surface area contributed by atoms with Crippen molar-refractivity contribution >= 4 is 0 Å². The van der Waals surface area contributed by atoms with Gasteiger partial charge in [-0.05, 0) is 47.4 Å². The Hall–Kier alpha value is -2.11. The molecule has 0 bridgehead atoms. The van der Waals surface area contributed by atoms with Crippen LogP contribution in [-0.2, 0) is 13.0 Å². The van der Waals surface area contributed by atoms with Gasteiger partial charge in [-0.3, -0.25) is 4.90 Å². The molecular weight excluding hydrogens is 244 g/mol. The van der Waals surface area contributed by atoms with Crippen LogP contribution < -0.4 is 0 Å². The van der Waals surface area contributed by atoms with Gasteiger partial charge in [0.15, 0.2) is 0 Å². The van der Waals surface area contributed by atoms with Crippen LogP contribution in [0.25, 0.3) is 11.1 Å². The van der Waals surface area contributed by atoms with E-state index in [0.29, 0.717) is 0 Å². The van der Waals surface area contributed by atoms with E-state index < -0.39 is 0 Å². The van der Waals surface area contributed by atoms with Gasteiger partial charge >= 0.3 is 0 Å². The van der Waals surface area contributed by atoms with Gasteiger partial charge < -0.3 is 0 Å². The molecule has 2 heteroatoms. The van der Waals surface area contributed by atoms with Crippen LogP contribution in [0.4, 0.5) is 0 Å². The molecule has 2 aromatic rings. The second-order valence-corrected chi connectivity index (χ2v) is 5.26. The molecule has 0 spiro atoms. The summed E-state index contributed by atoms with van der Waals surface area (Å²) in [6.07, 6.45) is 1.07. The topological polar surface area (TPSA) is 27.0 Å².